The van der Waals surface area contributed by atoms with Crippen molar-refractivity contribution in [3.63, 3.8) is 0 Å². The molecule has 3 aromatic rings. The number of hydrogen-bond donors (Lipinski definition) is 1. The van der Waals surface area contributed by atoms with Gasteiger partial charge in [0.05, 0.1) is 11.3 Å². The average Bonchev–Trinajstić information content (AvgIpc) is 3.16. The van der Waals surface area contributed by atoms with Gasteiger partial charge in [-0.05, 0) is 24.1 Å². The monoisotopic (exact) mass is 363 g/mol. The summed E-state index contributed by atoms with van der Waals surface area (Å²) in [6.07, 6.45) is 5.41. The highest BCUT2D eigenvalue weighted by Crippen LogP contribution is 2.33. The van der Waals surface area contributed by atoms with E-state index in [0.717, 1.165) is 41.4 Å². The standard InChI is InChI=1S/C19H17N5O3/c25-19-14-3-4-24(8-12-1-2-16-17(5-12)27-11-26-16)9-15(14)22-18(23-19)13-6-20-10-21-7-13/h1-2,5-7,10H,3-4,8-9,11H2,(H,22,23,25). The number of nitrogens with one attached hydrogen (secondary N) is 1. The molecule has 2 aliphatic heterocycles. The van der Waals surface area contributed by atoms with E-state index in [-0.39, 0.29) is 12.4 Å². The minimum atomic E-state index is -0.0819. The molecule has 2 aromatic heterocycles. The van der Waals surface area contributed by atoms with Gasteiger partial charge in [0.2, 0.25) is 6.79 Å². The normalized spacial score (nSPS) is 15.6. The Labute approximate surface area is 154 Å². The molecule has 0 fully saturated rings. The van der Waals surface area contributed by atoms with Crippen LogP contribution < -0.4 is 15.0 Å². The molecule has 1 N–H and O–H groups in total. The van der Waals surface area contributed by atoms with Gasteiger partial charge in [0, 0.05) is 37.6 Å². The van der Waals surface area contributed by atoms with E-state index >= 15 is 0 Å². The van der Waals surface area contributed by atoms with Crippen molar-refractivity contribution in [1.29, 1.82) is 0 Å². The van der Waals surface area contributed by atoms with E-state index in [4.69, 9.17) is 9.47 Å². The van der Waals surface area contributed by atoms with E-state index < -0.39 is 0 Å². The molecule has 0 amide bonds. The summed E-state index contributed by atoms with van der Waals surface area (Å²) in [5.41, 5.74) is 3.33. The van der Waals surface area contributed by atoms with Crippen molar-refractivity contribution in [1.82, 2.24) is 24.8 Å². The third kappa shape index (κ3) is 3.04. The Morgan fingerprint density at radius 3 is 2.89 bits per heavy atom. The Morgan fingerprint density at radius 1 is 1.15 bits per heavy atom. The molecule has 0 saturated heterocycles. The van der Waals surface area contributed by atoms with Crippen LogP contribution in [0.3, 0.4) is 0 Å². The summed E-state index contributed by atoms with van der Waals surface area (Å²) >= 11 is 0. The lowest BCUT2D eigenvalue weighted by atomic mass is 10.1. The lowest BCUT2D eigenvalue weighted by Gasteiger charge is -2.27. The number of rotatable bonds is 3. The largest absolute Gasteiger partial charge is 0.454 e. The molecule has 0 aliphatic carbocycles. The fourth-order valence-corrected chi connectivity index (χ4v) is 3.48. The van der Waals surface area contributed by atoms with Gasteiger partial charge in [-0.1, -0.05) is 6.07 Å². The van der Waals surface area contributed by atoms with Crippen LogP contribution in [-0.2, 0) is 19.5 Å². The quantitative estimate of drug-likeness (QED) is 0.754. The number of H-pyrrole nitrogens is 1. The smallest absolute Gasteiger partial charge is 0.254 e. The molecule has 4 heterocycles. The second kappa shape index (κ2) is 6.48. The molecule has 0 atom stereocenters. The third-order valence-corrected chi connectivity index (χ3v) is 4.83. The van der Waals surface area contributed by atoms with Gasteiger partial charge >= 0.3 is 0 Å². The second-order valence-electron chi connectivity index (χ2n) is 6.62. The molecular formula is C19H17N5O3. The maximum Gasteiger partial charge on any atom is 0.254 e. The number of aromatic nitrogens is 4. The van der Waals surface area contributed by atoms with Gasteiger partial charge in [0.1, 0.15) is 12.2 Å². The van der Waals surface area contributed by atoms with E-state index in [0.29, 0.717) is 24.4 Å². The lowest BCUT2D eigenvalue weighted by molar-refractivity contribution is 0.174. The Bertz CT molecular complexity index is 1050. The zero-order valence-electron chi connectivity index (χ0n) is 14.5. The molecule has 0 bridgehead atoms. The topological polar surface area (TPSA) is 93.2 Å². The van der Waals surface area contributed by atoms with Crippen molar-refractivity contribution in [2.75, 3.05) is 13.3 Å². The van der Waals surface area contributed by atoms with E-state index in [1.165, 1.54) is 6.33 Å². The van der Waals surface area contributed by atoms with Crippen LogP contribution in [-0.4, -0.2) is 38.2 Å². The first kappa shape index (κ1) is 16.0. The van der Waals surface area contributed by atoms with Gasteiger partial charge in [0.25, 0.3) is 5.56 Å². The molecule has 8 heteroatoms. The van der Waals surface area contributed by atoms with E-state index in [2.05, 4.69) is 24.8 Å². The summed E-state index contributed by atoms with van der Waals surface area (Å²) in [4.78, 5) is 30.3. The minimum absolute atomic E-state index is 0.0819. The molecular weight excluding hydrogens is 346 g/mol. The molecule has 136 valence electrons. The highest BCUT2D eigenvalue weighted by atomic mass is 16.7. The third-order valence-electron chi connectivity index (χ3n) is 4.83. The first-order chi connectivity index (χ1) is 13.3. The molecule has 5 rings (SSSR count). The fraction of sp³-hybridized carbons (Fsp3) is 0.263. The first-order valence-corrected chi connectivity index (χ1v) is 8.74. The summed E-state index contributed by atoms with van der Waals surface area (Å²) in [5.74, 6) is 2.07. The highest BCUT2D eigenvalue weighted by molar-refractivity contribution is 5.52. The summed E-state index contributed by atoms with van der Waals surface area (Å²) in [6.45, 7) is 2.46. The molecule has 0 radical (unpaired) electrons. The van der Waals surface area contributed by atoms with Gasteiger partial charge in [0.15, 0.2) is 11.5 Å². The summed E-state index contributed by atoms with van der Waals surface area (Å²) in [7, 11) is 0. The second-order valence-corrected chi connectivity index (χ2v) is 6.62. The van der Waals surface area contributed by atoms with Crippen LogP contribution in [0.15, 0.2) is 41.7 Å². The molecule has 0 saturated carbocycles. The van der Waals surface area contributed by atoms with Crippen molar-refractivity contribution in [3.05, 3.63) is 64.1 Å². The number of nitrogens with zero attached hydrogens (tertiary/aromatic N) is 4. The van der Waals surface area contributed by atoms with Crippen molar-refractivity contribution in [3.8, 4) is 22.9 Å². The molecule has 2 aliphatic rings. The van der Waals surface area contributed by atoms with Crippen LogP contribution in [0, 0.1) is 0 Å². The molecule has 0 unspecified atom stereocenters. The zero-order chi connectivity index (χ0) is 18.2. The Morgan fingerprint density at radius 2 is 2.00 bits per heavy atom. The van der Waals surface area contributed by atoms with Crippen molar-refractivity contribution >= 4 is 0 Å². The molecule has 27 heavy (non-hydrogen) atoms. The van der Waals surface area contributed by atoms with Gasteiger partial charge in [-0.15, -0.1) is 0 Å². The van der Waals surface area contributed by atoms with E-state index in [9.17, 15) is 4.79 Å². The summed E-state index contributed by atoms with van der Waals surface area (Å²) in [5, 5.41) is 0. The first-order valence-electron chi connectivity index (χ1n) is 8.74. The highest BCUT2D eigenvalue weighted by Gasteiger charge is 2.22. The van der Waals surface area contributed by atoms with Crippen LogP contribution in [0.5, 0.6) is 11.5 Å². The fourth-order valence-electron chi connectivity index (χ4n) is 3.48. The maximum absolute atomic E-state index is 12.5. The minimum Gasteiger partial charge on any atom is -0.454 e. The van der Waals surface area contributed by atoms with Crippen LogP contribution in [0.1, 0.15) is 16.8 Å². The van der Waals surface area contributed by atoms with E-state index in [1.807, 2.05) is 18.2 Å². The average molecular weight is 363 g/mol. The number of benzene rings is 1. The number of fused-ring (bicyclic) bond motifs is 2. The predicted molar refractivity (Wildman–Crippen MR) is 96.3 cm³/mol. The van der Waals surface area contributed by atoms with Gasteiger partial charge in [-0.25, -0.2) is 15.0 Å². The Balaban J connectivity index is 1.40. The van der Waals surface area contributed by atoms with Crippen LogP contribution in [0.2, 0.25) is 0 Å². The molecule has 1 aromatic carbocycles. The van der Waals surface area contributed by atoms with Gasteiger partial charge in [-0.2, -0.15) is 0 Å². The van der Waals surface area contributed by atoms with Crippen LogP contribution in [0.25, 0.3) is 11.4 Å². The number of ether oxygens (including phenoxy) is 2. The van der Waals surface area contributed by atoms with Crippen LogP contribution >= 0.6 is 0 Å². The summed E-state index contributed by atoms with van der Waals surface area (Å²) in [6, 6.07) is 5.99. The Kier molecular flexibility index (Phi) is 3.83. The number of aromatic amines is 1. The van der Waals surface area contributed by atoms with Gasteiger partial charge < -0.3 is 14.5 Å². The summed E-state index contributed by atoms with van der Waals surface area (Å²) < 4.78 is 10.8. The Hall–Kier alpha value is -3.26. The maximum atomic E-state index is 12.5. The predicted octanol–water partition coefficient (Wildman–Crippen LogP) is 1.51. The van der Waals surface area contributed by atoms with E-state index in [1.54, 1.807) is 12.4 Å². The zero-order valence-corrected chi connectivity index (χ0v) is 14.5. The van der Waals surface area contributed by atoms with Crippen molar-refractivity contribution in [2.24, 2.45) is 0 Å². The van der Waals surface area contributed by atoms with Crippen molar-refractivity contribution in [2.45, 2.75) is 19.5 Å². The van der Waals surface area contributed by atoms with Crippen molar-refractivity contribution < 1.29 is 9.47 Å². The van der Waals surface area contributed by atoms with Crippen LogP contribution in [0.4, 0.5) is 0 Å². The van der Waals surface area contributed by atoms with Gasteiger partial charge in [-0.3, -0.25) is 9.69 Å². The SMILES string of the molecule is O=c1[nH]c(-c2cncnc2)nc2c1CCN(Cc1ccc3c(c1)OCO3)C2. The molecule has 8 nitrogen and oxygen atoms in total. The lowest BCUT2D eigenvalue weighted by Crippen LogP contribution is -2.35. The molecule has 0 spiro atoms. The number of hydrogen-bond acceptors (Lipinski definition) is 7.